The van der Waals surface area contributed by atoms with E-state index in [0.717, 1.165) is 10.7 Å². The largest absolute Gasteiger partial charge is 0.328 e. The van der Waals surface area contributed by atoms with Gasteiger partial charge in [-0.25, -0.2) is 0 Å². The molecule has 1 heterocycles. The van der Waals surface area contributed by atoms with Crippen LogP contribution in [0.1, 0.15) is 13.3 Å². The smallest absolute Gasteiger partial charge is 0.255 e. The lowest BCUT2D eigenvalue weighted by Gasteiger charge is -2.16. The molecule has 0 atom stereocenters. The number of halogens is 2. The lowest BCUT2D eigenvalue weighted by molar-refractivity contribution is -0.124. The second-order valence-corrected chi connectivity index (χ2v) is 4.95. The highest BCUT2D eigenvalue weighted by Gasteiger charge is 2.25. The number of hydrogen-bond acceptors (Lipinski definition) is 3. The molecule has 0 saturated carbocycles. The van der Waals surface area contributed by atoms with Gasteiger partial charge in [-0.15, -0.1) is 0 Å². The van der Waals surface area contributed by atoms with Crippen molar-refractivity contribution in [2.45, 2.75) is 13.3 Å². The number of carbonyl (C=O) groups is 1. The van der Waals surface area contributed by atoms with Gasteiger partial charge in [0.2, 0.25) is 5.11 Å². The summed E-state index contributed by atoms with van der Waals surface area (Å²) in [5.41, 5.74) is 1.19. The van der Waals surface area contributed by atoms with Crippen LogP contribution in [0, 0.1) is 0 Å². The molecule has 1 aromatic rings. The van der Waals surface area contributed by atoms with Crippen LogP contribution in [0.2, 0.25) is 10.0 Å². The van der Waals surface area contributed by atoms with E-state index in [2.05, 4.69) is 10.4 Å². The third-order valence-corrected chi connectivity index (χ3v) is 3.21. The van der Waals surface area contributed by atoms with Gasteiger partial charge in [0.05, 0.1) is 22.2 Å². The van der Waals surface area contributed by atoms with Crippen molar-refractivity contribution in [1.82, 2.24) is 5.01 Å². The highest BCUT2D eigenvalue weighted by molar-refractivity contribution is 7.80. The van der Waals surface area contributed by atoms with Gasteiger partial charge in [0.15, 0.2) is 0 Å². The normalized spacial score (nSPS) is 14.7. The zero-order valence-electron chi connectivity index (χ0n) is 9.41. The zero-order chi connectivity index (χ0) is 13.3. The van der Waals surface area contributed by atoms with Crippen LogP contribution in [-0.2, 0) is 4.79 Å². The summed E-state index contributed by atoms with van der Waals surface area (Å²) in [5, 5.41) is 9.03. The maximum Gasteiger partial charge on any atom is 0.255 e. The number of thiocarbonyl (C=S) groups is 1. The highest BCUT2D eigenvalue weighted by Crippen LogP contribution is 2.30. The zero-order valence-corrected chi connectivity index (χ0v) is 11.7. The Labute approximate surface area is 120 Å². The number of benzene rings is 1. The lowest BCUT2D eigenvalue weighted by atomic mass is 10.3. The number of nitrogens with one attached hydrogen (secondary N) is 1. The van der Waals surface area contributed by atoms with Crippen LogP contribution in [-0.4, -0.2) is 21.7 Å². The molecule has 0 aromatic heterocycles. The van der Waals surface area contributed by atoms with Crippen LogP contribution in [0.3, 0.4) is 0 Å². The molecule has 0 radical (unpaired) electrons. The van der Waals surface area contributed by atoms with Crippen molar-refractivity contribution in [3.05, 3.63) is 28.2 Å². The third-order valence-electron chi connectivity index (χ3n) is 2.30. The van der Waals surface area contributed by atoms with Gasteiger partial charge in [-0.3, -0.25) is 4.79 Å². The summed E-state index contributed by atoms with van der Waals surface area (Å²) < 4.78 is 0. The van der Waals surface area contributed by atoms with E-state index in [1.165, 1.54) is 0 Å². The number of hydrazone groups is 1. The van der Waals surface area contributed by atoms with Crippen LogP contribution >= 0.6 is 35.4 Å². The Balaban J connectivity index is 2.20. The number of amides is 1. The number of anilines is 1. The van der Waals surface area contributed by atoms with Gasteiger partial charge in [0, 0.05) is 5.71 Å². The molecule has 18 heavy (non-hydrogen) atoms. The Kier molecular flexibility index (Phi) is 3.85. The van der Waals surface area contributed by atoms with E-state index in [1.807, 2.05) is 0 Å². The molecule has 0 saturated heterocycles. The first-order valence-electron chi connectivity index (χ1n) is 5.11. The van der Waals surface area contributed by atoms with Gasteiger partial charge < -0.3 is 5.32 Å². The van der Waals surface area contributed by atoms with E-state index < -0.39 is 0 Å². The topological polar surface area (TPSA) is 44.7 Å². The summed E-state index contributed by atoms with van der Waals surface area (Å²) in [6.07, 6.45) is 0.276. The molecular formula is C11H9Cl2N3OS. The number of rotatable bonds is 1. The quantitative estimate of drug-likeness (QED) is 0.810. The number of para-hydroxylation sites is 1. The predicted octanol–water partition coefficient (Wildman–Crippen LogP) is 3.30. The van der Waals surface area contributed by atoms with Crippen molar-refractivity contribution < 1.29 is 4.79 Å². The molecule has 7 heteroatoms. The standard InChI is InChI=1S/C11H9Cl2N3OS/c1-6-5-9(17)16(15-6)11(18)14-10-7(12)3-2-4-8(10)13/h2-4H,5H2,1H3,(H,14,18). The monoisotopic (exact) mass is 301 g/mol. The minimum atomic E-state index is -0.173. The first-order chi connectivity index (χ1) is 8.49. The molecule has 0 spiro atoms. The molecule has 0 unspecified atom stereocenters. The van der Waals surface area contributed by atoms with E-state index in [9.17, 15) is 4.79 Å². The van der Waals surface area contributed by atoms with E-state index in [4.69, 9.17) is 35.4 Å². The fourth-order valence-corrected chi connectivity index (χ4v) is 2.23. The van der Waals surface area contributed by atoms with Crippen molar-refractivity contribution in [3.8, 4) is 0 Å². The SMILES string of the molecule is CC1=NN(C(=S)Nc2c(Cl)cccc2Cl)C(=O)C1. The number of carbonyl (C=O) groups excluding carboxylic acids is 1. The molecule has 2 rings (SSSR count). The van der Waals surface area contributed by atoms with Gasteiger partial charge in [0.25, 0.3) is 5.91 Å². The Bertz CT molecular complexity index is 539. The van der Waals surface area contributed by atoms with Crippen LogP contribution in [0.25, 0.3) is 0 Å². The summed E-state index contributed by atoms with van der Waals surface area (Å²) in [7, 11) is 0. The second-order valence-electron chi connectivity index (χ2n) is 3.74. The van der Waals surface area contributed by atoms with Crippen LogP contribution in [0.5, 0.6) is 0 Å². The molecule has 1 aromatic carbocycles. The average Bonchev–Trinajstić information content (AvgIpc) is 2.63. The molecule has 1 aliphatic heterocycles. The van der Waals surface area contributed by atoms with Crippen LogP contribution in [0.4, 0.5) is 5.69 Å². The lowest BCUT2D eigenvalue weighted by Crippen LogP contribution is -2.32. The van der Waals surface area contributed by atoms with Gasteiger partial charge >= 0.3 is 0 Å². The Morgan fingerprint density at radius 3 is 2.56 bits per heavy atom. The van der Waals surface area contributed by atoms with E-state index in [0.29, 0.717) is 15.7 Å². The fourth-order valence-electron chi connectivity index (χ4n) is 1.49. The van der Waals surface area contributed by atoms with Crippen molar-refractivity contribution in [1.29, 1.82) is 0 Å². The molecule has 0 aliphatic carbocycles. The fraction of sp³-hybridized carbons (Fsp3) is 0.182. The minimum Gasteiger partial charge on any atom is -0.328 e. The van der Waals surface area contributed by atoms with Gasteiger partial charge in [-0.05, 0) is 31.3 Å². The summed E-state index contributed by atoms with van der Waals surface area (Å²) in [5.74, 6) is -0.173. The third kappa shape index (κ3) is 2.63. The van der Waals surface area contributed by atoms with Crippen LogP contribution < -0.4 is 5.32 Å². The molecular weight excluding hydrogens is 293 g/mol. The summed E-state index contributed by atoms with van der Waals surface area (Å²) in [4.78, 5) is 11.6. The van der Waals surface area contributed by atoms with Crippen molar-refractivity contribution in [2.75, 3.05) is 5.32 Å². The van der Waals surface area contributed by atoms with Crippen molar-refractivity contribution in [2.24, 2.45) is 5.10 Å². The Hall–Kier alpha value is -1.17. The highest BCUT2D eigenvalue weighted by atomic mass is 35.5. The Morgan fingerprint density at radius 1 is 1.44 bits per heavy atom. The van der Waals surface area contributed by atoms with Gasteiger partial charge in [-0.2, -0.15) is 10.1 Å². The first-order valence-corrected chi connectivity index (χ1v) is 6.27. The van der Waals surface area contributed by atoms with Crippen molar-refractivity contribution >= 4 is 57.8 Å². The molecule has 0 fully saturated rings. The van der Waals surface area contributed by atoms with E-state index in [-0.39, 0.29) is 17.4 Å². The average molecular weight is 302 g/mol. The second kappa shape index (κ2) is 5.22. The molecule has 94 valence electrons. The molecule has 1 amide bonds. The van der Waals surface area contributed by atoms with Gasteiger partial charge in [-0.1, -0.05) is 29.3 Å². The maximum absolute atomic E-state index is 11.6. The summed E-state index contributed by atoms with van der Waals surface area (Å²) >= 11 is 17.1. The van der Waals surface area contributed by atoms with Gasteiger partial charge in [0.1, 0.15) is 0 Å². The molecule has 1 aliphatic rings. The summed E-state index contributed by atoms with van der Waals surface area (Å²) in [6.45, 7) is 1.77. The molecule has 4 nitrogen and oxygen atoms in total. The first kappa shape index (κ1) is 13.3. The maximum atomic E-state index is 11.6. The number of nitrogens with zero attached hydrogens (tertiary/aromatic N) is 2. The van der Waals surface area contributed by atoms with Crippen LogP contribution in [0.15, 0.2) is 23.3 Å². The summed E-state index contributed by atoms with van der Waals surface area (Å²) in [6, 6.07) is 5.08. The molecule has 1 N–H and O–H groups in total. The van der Waals surface area contributed by atoms with Crippen molar-refractivity contribution in [3.63, 3.8) is 0 Å². The predicted molar refractivity (Wildman–Crippen MR) is 77.3 cm³/mol. The van der Waals surface area contributed by atoms with E-state index >= 15 is 0 Å². The van der Waals surface area contributed by atoms with E-state index in [1.54, 1.807) is 25.1 Å². The molecule has 0 bridgehead atoms. The Morgan fingerprint density at radius 2 is 2.06 bits per heavy atom. The number of hydrogen-bond donors (Lipinski definition) is 1. The minimum absolute atomic E-state index is 0.159.